The highest BCUT2D eigenvalue weighted by Gasteiger charge is 2.22. The van der Waals surface area contributed by atoms with Crippen LogP contribution in [0, 0.1) is 11.8 Å². The second kappa shape index (κ2) is 6.26. The lowest BCUT2D eigenvalue weighted by Gasteiger charge is -2.19. The highest BCUT2D eigenvalue weighted by Crippen LogP contribution is 2.22. The van der Waals surface area contributed by atoms with Gasteiger partial charge in [0.25, 0.3) is 0 Å². The zero-order valence-corrected chi connectivity index (χ0v) is 12.4. The summed E-state index contributed by atoms with van der Waals surface area (Å²) in [5.41, 5.74) is 0.939. The SMILES string of the molecule is CC(C)C(NC(=O)O)c1cnn(C[C@H]2CCN(C)C2)c1. The van der Waals surface area contributed by atoms with Crippen molar-refractivity contribution >= 4 is 6.09 Å². The lowest BCUT2D eigenvalue weighted by molar-refractivity contribution is 0.186. The molecule has 20 heavy (non-hydrogen) atoms. The third-order valence-electron chi connectivity index (χ3n) is 3.89. The van der Waals surface area contributed by atoms with E-state index in [1.807, 2.05) is 24.7 Å². The van der Waals surface area contributed by atoms with Gasteiger partial charge in [0, 0.05) is 24.8 Å². The number of carbonyl (C=O) groups is 1. The molecule has 1 amide bonds. The van der Waals surface area contributed by atoms with Crippen molar-refractivity contribution in [3.63, 3.8) is 0 Å². The molecule has 1 fully saturated rings. The number of likely N-dealkylation sites (tertiary alicyclic amines) is 1. The number of amides is 1. The Bertz CT molecular complexity index is 458. The average Bonchev–Trinajstić information content (AvgIpc) is 2.96. The van der Waals surface area contributed by atoms with E-state index in [1.54, 1.807) is 6.20 Å². The van der Waals surface area contributed by atoms with Crippen LogP contribution < -0.4 is 5.32 Å². The fourth-order valence-electron chi connectivity index (χ4n) is 2.85. The molecule has 0 radical (unpaired) electrons. The summed E-state index contributed by atoms with van der Waals surface area (Å²) in [7, 11) is 2.14. The molecule has 1 aliphatic heterocycles. The summed E-state index contributed by atoms with van der Waals surface area (Å²) in [4.78, 5) is 13.2. The maximum atomic E-state index is 10.9. The molecule has 1 aromatic rings. The van der Waals surface area contributed by atoms with E-state index in [4.69, 9.17) is 5.11 Å². The molecular formula is C14H24N4O2. The molecule has 1 aromatic heterocycles. The van der Waals surface area contributed by atoms with Crippen LogP contribution in [0.2, 0.25) is 0 Å². The van der Waals surface area contributed by atoms with Crippen LogP contribution in [-0.2, 0) is 6.54 Å². The van der Waals surface area contributed by atoms with Gasteiger partial charge in [-0.25, -0.2) is 4.79 Å². The molecule has 1 unspecified atom stereocenters. The minimum atomic E-state index is -0.992. The molecule has 0 aliphatic carbocycles. The van der Waals surface area contributed by atoms with Gasteiger partial charge in [0.15, 0.2) is 0 Å². The van der Waals surface area contributed by atoms with Gasteiger partial charge in [-0.1, -0.05) is 13.8 Å². The first-order chi connectivity index (χ1) is 9.45. The number of carboxylic acid groups (broad SMARTS) is 1. The van der Waals surface area contributed by atoms with Crippen LogP contribution >= 0.6 is 0 Å². The van der Waals surface area contributed by atoms with Crippen molar-refractivity contribution in [2.45, 2.75) is 32.9 Å². The van der Waals surface area contributed by atoms with Crippen LogP contribution in [0.1, 0.15) is 31.9 Å². The first kappa shape index (κ1) is 14.8. The molecule has 6 nitrogen and oxygen atoms in total. The van der Waals surface area contributed by atoms with E-state index in [0.717, 1.165) is 25.2 Å². The summed E-state index contributed by atoms with van der Waals surface area (Å²) in [6, 6.07) is -0.201. The normalized spacial score (nSPS) is 21.3. The largest absolute Gasteiger partial charge is 0.465 e. The quantitative estimate of drug-likeness (QED) is 0.863. The smallest absolute Gasteiger partial charge is 0.405 e. The third kappa shape index (κ3) is 3.72. The van der Waals surface area contributed by atoms with Crippen LogP contribution in [0.5, 0.6) is 0 Å². The molecule has 1 aliphatic rings. The highest BCUT2D eigenvalue weighted by atomic mass is 16.4. The lowest BCUT2D eigenvalue weighted by Crippen LogP contribution is -2.30. The predicted molar refractivity (Wildman–Crippen MR) is 76.6 cm³/mol. The summed E-state index contributed by atoms with van der Waals surface area (Å²) < 4.78 is 1.94. The summed E-state index contributed by atoms with van der Waals surface area (Å²) >= 11 is 0. The monoisotopic (exact) mass is 280 g/mol. The number of rotatable bonds is 5. The number of nitrogens with zero attached hydrogens (tertiary/aromatic N) is 3. The Balaban J connectivity index is 2.01. The Morgan fingerprint density at radius 3 is 2.90 bits per heavy atom. The molecule has 2 N–H and O–H groups in total. The maximum Gasteiger partial charge on any atom is 0.405 e. The average molecular weight is 280 g/mol. The van der Waals surface area contributed by atoms with Gasteiger partial charge in [-0.2, -0.15) is 5.10 Å². The summed E-state index contributed by atoms with van der Waals surface area (Å²) in [6.45, 7) is 7.17. The number of aromatic nitrogens is 2. The molecule has 0 spiro atoms. The van der Waals surface area contributed by atoms with Gasteiger partial charge in [0.05, 0.1) is 12.2 Å². The Labute approximate surface area is 119 Å². The van der Waals surface area contributed by atoms with Crippen molar-refractivity contribution in [3.05, 3.63) is 18.0 Å². The Kier molecular flexibility index (Phi) is 4.65. The zero-order chi connectivity index (χ0) is 14.7. The molecule has 6 heteroatoms. The van der Waals surface area contributed by atoms with E-state index in [2.05, 4.69) is 22.4 Å². The minimum Gasteiger partial charge on any atom is -0.465 e. The van der Waals surface area contributed by atoms with Crippen LogP contribution in [0.3, 0.4) is 0 Å². The van der Waals surface area contributed by atoms with Crippen molar-refractivity contribution in [1.29, 1.82) is 0 Å². The zero-order valence-electron chi connectivity index (χ0n) is 12.4. The molecule has 112 valence electrons. The Morgan fingerprint density at radius 2 is 2.35 bits per heavy atom. The van der Waals surface area contributed by atoms with Crippen molar-refractivity contribution in [2.75, 3.05) is 20.1 Å². The number of hydrogen-bond acceptors (Lipinski definition) is 3. The lowest BCUT2D eigenvalue weighted by atomic mass is 9.99. The molecule has 2 rings (SSSR count). The summed E-state index contributed by atoms with van der Waals surface area (Å²) in [5.74, 6) is 0.832. The topological polar surface area (TPSA) is 70.4 Å². The molecule has 0 bridgehead atoms. The van der Waals surface area contributed by atoms with Gasteiger partial charge in [-0.15, -0.1) is 0 Å². The Morgan fingerprint density at radius 1 is 1.60 bits per heavy atom. The molecule has 0 saturated carbocycles. The minimum absolute atomic E-state index is 0.196. The van der Waals surface area contributed by atoms with Crippen LogP contribution in [0.15, 0.2) is 12.4 Å². The van der Waals surface area contributed by atoms with Gasteiger partial charge in [0.1, 0.15) is 0 Å². The molecule has 2 atom stereocenters. The molecule has 1 saturated heterocycles. The van der Waals surface area contributed by atoms with Gasteiger partial charge < -0.3 is 15.3 Å². The fraction of sp³-hybridized carbons (Fsp3) is 0.714. The fourth-order valence-corrected chi connectivity index (χ4v) is 2.85. The van der Waals surface area contributed by atoms with Crippen LogP contribution in [-0.4, -0.2) is 46.0 Å². The third-order valence-corrected chi connectivity index (χ3v) is 3.89. The van der Waals surface area contributed by atoms with Crippen molar-refractivity contribution in [3.8, 4) is 0 Å². The van der Waals surface area contributed by atoms with Gasteiger partial charge >= 0.3 is 6.09 Å². The molecule has 2 heterocycles. The number of nitrogens with one attached hydrogen (secondary N) is 1. The standard InChI is InChI=1S/C14H24N4O2/c1-10(2)13(16-14(19)20)12-6-15-18(9-12)8-11-4-5-17(3)7-11/h6,9-11,13,16H,4-5,7-8H2,1-3H3,(H,19,20)/t11-,13?/m0/s1. The van der Waals surface area contributed by atoms with Gasteiger partial charge in [-0.05, 0) is 31.8 Å². The van der Waals surface area contributed by atoms with E-state index in [9.17, 15) is 4.79 Å². The van der Waals surface area contributed by atoms with Crippen molar-refractivity contribution in [1.82, 2.24) is 20.0 Å². The predicted octanol–water partition coefficient (Wildman–Crippen LogP) is 1.80. The van der Waals surface area contributed by atoms with E-state index in [0.29, 0.717) is 5.92 Å². The van der Waals surface area contributed by atoms with Crippen LogP contribution in [0.4, 0.5) is 4.79 Å². The van der Waals surface area contributed by atoms with E-state index < -0.39 is 6.09 Å². The van der Waals surface area contributed by atoms with Crippen molar-refractivity contribution in [2.24, 2.45) is 11.8 Å². The summed E-state index contributed by atoms with van der Waals surface area (Å²) in [5, 5.41) is 15.9. The van der Waals surface area contributed by atoms with E-state index in [-0.39, 0.29) is 12.0 Å². The summed E-state index contributed by atoms with van der Waals surface area (Å²) in [6.07, 6.45) is 3.96. The van der Waals surface area contributed by atoms with Gasteiger partial charge in [-0.3, -0.25) is 4.68 Å². The Hall–Kier alpha value is -1.56. The van der Waals surface area contributed by atoms with E-state index in [1.165, 1.54) is 6.42 Å². The highest BCUT2D eigenvalue weighted by molar-refractivity contribution is 5.65. The van der Waals surface area contributed by atoms with Crippen molar-refractivity contribution < 1.29 is 9.90 Å². The van der Waals surface area contributed by atoms with E-state index >= 15 is 0 Å². The second-order valence-corrected chi connectivity index (χ2v) is 6.08. The number of hydrogen-bond donors (Lipinski definition) is 2. The first-order valence-corrected chi connectivity index (χ1v) is 7.16. The maximum absolute atomic E-state index is 10.9. The second-order valence-electron chi connectivity index (χ2n) is 6.08. The molecule has 0 aromatic carbocycles. The first-order valence-electron chi connectivity index (χ1n) is 7.16. The van der Waals surface area contributed by atoms with Gasteiger partial charge in [0.2, 0.25) is 0 Å². The van der Waals surface area contributed by atoms with Crippen LogP contribution in [0.25, 0.3) is 0 Å². The molecular weight excluding hydrogens is 256 g/mol.